The molecular formula is C64H46N2O. The number of aromatic nitrogens is 1. The maximum atomic E-state index is 6.67. The van der Waals surface area contributed by atoms with Crippen molar-refractivity contribution < 1.29 is 4.42 Å². The summed E-state index contributed by atoms with van der Waals surface area (Å²) in [6, 6.07) is 85.2. The lowest BCUT2D eigenvalue weighted by molar-refractivity contribution is 0.668. The van der Waals surface area contributed by atoms with Gasteiger partial charge in [0.05, 0.1) is 11.0 Å². The van der Waals surface area contributed by atoms with E-state index in [1.165, 1.54) is 60.4 Å². The Hall–Kier alpha value is -8.66. The van der Waals surface area contributed by atoms with Crippen molar-refractivity contribution in [3.8, 4) is 39.1 Å². The van der Waals surface area contributed by atoms with E-state index in [1.54, 1.807) is 0 Å². The first kappa shape index (κ1) is 39.9. The van der Waals surface area contributed by atoms with Crippen LogP contribution >= 0.6 is 0 Å². The third-order valence-corrected chi connectivity index (χ3v) is 13.4. The van der Waals surface area contributed by atoms with Gasteiger partial charge in [-0.25, -0.2) is 0 Å². The van der Waals surface area contributed by atoms with Crippen molar-refractivity contribution in [3.63, 3.8) is 0 Å². The Morgan fingerprint density at radius 1 is 0.403 bits per heavy atom. The molecule has 318 valence electrons. The second kappa shape index (κ2) is 16.7. The van der Waals surface area contributed by atoms with E-state index < -0.39 is 0 Å². The third-order valence-electron chi connectivity index (χ3n) is 13.4. The van der Waals surface area contributed by atoms with E-state index in [2.05, 4.69) is 266 Å². The number of para-hydroxylation sites is 2. The van der Waals surface area contributed by atoms with Crippen LogP contribution in [0.15, 0.2) is 241 Å². The number of hydrogen-bond acceptors (Lipinski definition) is 2. The van der Waals surface area contributed by atoms with Gasteiger partial charge in [0.1, 0.15) is 11.2 Å². The van der Waals surface area contributed by atoms with E-state index in [0.717, 1.165) is 61.0 Å². The molecule has 67 heavy (non-hydrogen) atoms. The third kappa shape index (κ3) is 7.18. The number of rotatable bonds is 8. The van der Waals surface area contributed by atoms with Crippen LogP contribution in [0.3, 0.4) is 0 Å². The van der Waals surface area contributed by atoms with Gasteiger partial charge in [-0.15, -0.1) is 0 Å². The SMILES string of the molecule is C/C=c1/cc2oc3cc(-c4ccc5c(c4)c4ccccc4n5-c4ccccc4)ccc3c2c/c1=C(\C)c1ccc(N(c2ccc(-c3ccccc3)cc2)c2ccc(-c3ccccc3)cc2)cc1. The summed E-state index contributed by atoms with van der Waals surface area (Å²) >= 11 is 0. The smallest absolute Gasteiger partial charge is 0.136 e. The van der Waals surface area contributed by atoms with E-state index in [4.69, 9.17) is 4.42 Å². The zero-order valence-electron chi connectivity index (χ0n) is 37.4. The first-order valence-electron chi connectivity index (χ1n) is 23.0. The highest BCUT2D eigenvalue weighted by atomic mass is 16.3. The molecule has 2 aromatic heterocycles. The van der Waals surface area contributed by atoms with Crippen LogP contribution in [0.2, 0.25) is 0 Å². The number of furan rings is 1. The minimum absolute atomic E-state index is 0.884. The summed E-state index contributed by atoms with van der Waals surface area (Å²) in [7, 11) is 0. The highest BCUT2D eigenvalue weighted by molar-refractivity contribution is 6.11. The average Bonchev–Trinajstić information content (AvgIpc) is 3.94. The van der Waals surface area contributed by atoms with E-state index in [9.17, 15) is 0 Å². The molecule has 0 saturated heterocycles. The molecule has 0 amide bonds. The number of benzene rings is 10. The molecule has 0 atom stereocenters. The Bertz CT molecular complexity index is 3800. The lowest BCUT2D eigenvalue weighted by atomic mass is 9.99. The molecule has 0 unspecified atom stereocenters. The van der Waals surface area contributed by atoms with Gasteiger partial charge in [0, 0.05) is 44.3 Å². The van der Waals surface area contributed by atoms with Gasteiger partial charge < -0.3 is 13.9 Å². The van der Waals surface area contributed by atoms with Crippen LogP contribution in [0.5, 0.6) is 0 Å². The normalized spacial score (nSPS) is 12.4. The molecule has 0 fully saturated rings. The minimum atomic E-state index is 0.884. The van der Waals surface area contributed by atoms with Crippen LogP contribution in [0.1, 0.15) is 19.4 Å². The summed E-state index contributed by atoms with van der Waals surface area (Å²) < 4.78 is 9.03. The van der Waals surface area contributed by atoms with Gasteiger partial charge in [0.25, 0.3) is 0 Å². The standard InChI is InChI=1S/C64H46N2O/c1-3-44-40-64-60(57-37-29-51(41-63(57)67-64)50-30-38-62-59(39-50)56-21-13-14-22-61(56)66(62)52-19-11-6-12-20-52)42-58(44)43(2)45-23-31-53(32-24-45)65(54-33-25-48(26-34-54)46-15-7-4-8-16-46)55-35-27-49(28-36-55)47-17-9-5-10-18-47/h3-42H,1-2H3/b44-3-,58-43-. The van der Waals surface area contributed by atoms with Crippen molar-refractivity contribution in [1.29, 1.82) is 0 Å². The summed E-state index contributed by atoms with van der Waals surface area (Å²) in [6.07, 6.45) is 2.19. The topological polar surface area (TPSA) is 21.3 Å². The van der Waals surface area contributed by atoms with Crippen LogP contribution in [0.4, 0.5) is 17.1 Å². The summed E-state index contributed by atoms with van der Waals surface area (Å²) in [5, 5.41) is 7.04. The van der Waals surface area contributed by atoms with Crippen molar-refractivity contribution in [3.05, 3.63) is 253 Å². The highest BCUT2D eigenvalue weighted by Gasteiger charge is 2.17. The molecular weight excluding hydrogens is 813 g/mol. The van der Waals surface area contributed by atoms with Gasteiger partial charge in [0.2, 0.25) is 0 Å². The zero-order valence-corrected chi connectivity index (χ0v) is 37.4. The molecule has 12 rings (SSSR count). The molecule has 0 aliphatic carbocycles. The summed E-state index contributed by atoms with van der Waals surface area (Å²) in [6.45, 7) is 4.34. The first-order chi connectivity index (χ1) is 33.1. The van der Waals surface area contributed by atoms with Gasteiger partial charge in [-0.1, -0.05) is 152 Å². The van der Waals surface area contributed by atoms with Crippen molar-refractivity contribution in [2.24, 2.45) is 0 Å². The maximum absolute atomic E-state index is 6.67. The quantitative estimate of drug-likeness (QED) is 0.152. The monoisotopic (exact) mass is 858 g/mol. The molecule has 0 N–H and O–H groups in total. The van der Waals surface area contributed by atoms with Gasteiger partial charge >= 0.3 is 0 Å². The largest absolute Gasteiger partial charge is 0.456 e. The van der Waals surface area contributed by atoms with E-state index in [0.29, 0.717) is 0 Å². The van der Waals surface area contributed by atoms with Crippen LogP contribution in [0.25, 0.3) is 94.5 Å². The number of hydrogen-bond donors (Lipinski definition) is 0. The van der Waals surface area contributed by atoms with E-state index in [-0.39, 0.29) is 0 Å². The van der Waals surface area contributed by atoms with Crippen molar-refractivity contribution in [1.82, 2.24) is 4.57 Å². The number of fused-ring (bicyclic) bond motifs is 6. The lowest BCUT2D eigenvalue weighted by Crippen LogP contribution is -2.26. The van der Waals surface area contributed by atoms with E-state index in [1.807, 2.05) is 0 Å². The molecule has 3 heteroatoms. The van der Waals surface area contributed by atoms with Crippen molar-refractivity contribution in [2.45, 2.75) is 13.8 Å². The Labute approximate surface area is 390 Å². The molecule has 0 aliphatic heterocycles. The van der Waals surface area contributed by atoms with Gasteiger partial charge in [-0.2, -0.15) is 0 Å². The summed E-state index contributed by atoms with van der Waals surface area (Å²) in [5.41, 5.74) is 18.1. The van der Waals surface area contributed by atoms with Crippen LogP contribution < -0.4 is 15.3 Å². The highest BCUT2D eigenvalue weighted by Crippen LogP contribution is 2.39. The summed E-state index contributed by atoms with van der Waals surface area (Å²) in [5.74, 6) is 0. The summed E-state index contributed by atoms with van der Waals surface area (Å²) in [4.78, 5) is 2.34. The van der Waals surface area contributed by atoms with Crippen LogP contribution in [-0.4, -0.2) is 4.57 Å². The number of anilines is 3. The molecule has 2 heterocycles. The second-order valence-corrected chi connectivity index (χ2v) is 17.3. The Balaban J connectivity index is 0.904. The molecule has 12 aromatic rings. The van der Waals surface area contributed by atoms with Crippen LogP contribution in [-0.2, 0) is 0 Å². The Morgan fingerprint density at radius 3 is 1.52 bits per heavy atom. The van der Waals surface area contributed by atoms with Crippen molar-refractivity contribution >= 4 is 72.5 Å². The zero-order chi connectivity index (χ0) is 44.8. The van der Waals surface area contributed by atoms with Crippen LogP contribution in [0, 0.1) is 0 Å². The molecule has 0 radical (unpaired) electrons. The molecule has 0 saturated carbocycles. The fourth-order valence-electron chi connectivity index (χ4n) is 9.92. The molecule has 10 aromatic carbocycles. The second-order valence-electron chi connectivity index (χ2n) is 17.3. The predicted molar refractivity (Wildman–Crippen MR) is 283 cm³/mol. The Kier molecular flexibility index (Phi) is 9.95. The molecule has 0 spiro atoms. The molecule has 0 aliphatic rings. The minimum Gasteiger partial charge on any atom is -0.456 e. The van der Waals surface area contributed by atoms with E-state index >= 15 is 0 Å². The van der Waals surface area contributed by atoms with Crippen molar-refractivity contribution in [2.75, 3.05) is 4.90 Å². The van der Waals surface area contributed by atoms with Gasteiger partial charge in [0.15, 0.2) is 0 Å². The lowest BCUT2D eigenvalue weighted by Gasteiger charge is -2.26. The van der Waals surface area contributed by atoms with Gasteiger partial charge in [-0.05, 0) is 160 Å². The fraction of sp³-hybridized carbons (Fsp3) is 0.0312. The average molecular weight is 859 g/mol. The maximum Gasteiger partial charge on any atom is 0.136 e. The van der Waals surface area contributed by atoms with Gasteiger partial charge in [-0.3, -0.25) is 0 Å². The molecule has 3 nitrogen and oxygen atoms in total. The predicted octanol–water partition coefficient (Wildman–Crippen LogP) is 16.2. The molecule has 0 bridgehead atoms. The Morgan fingerprint density at radius 2 is 0.896 bits per heavy atom. The first-order valence-corrected chi connectivity index (χ1v) is 23.0. The fourth-order valence-corrected chi connectivity index (χ4v) is 9.92. The number of nitrogens with zero attached hydrogens (tertiary/aromatic N) is 2.